The van der Waals surface area contributed by atoms with Crippen LogP contribution in [0.3, 0.4) is 0 Å². The van der Waals surface area contributed by atoms with Crippen LogP contribution in [-0.2, 0) is 6.42 Å². The first-order chi connectivity index (χ1) is 7.21. The second kappa shape index (κ2) is 3.82. The van der Waals surface area contributed by atoms with Gasteiger partial charge in [0.1, 0.15) is 5.70 Å². The molecule has 0 heterocycles. The van der Waals surface area contributed by atoms with Crippen LogP contribution in [0.2, 0.25) is 0 Å². The van der Waals surface area contributed by atoms with E-state index in [1.165, 1.54) is 16.8 Å². The van der Waals surface area contributed by atoms with Crippen LogP contribution in [0.1, 0.15) is 25.0 Å². The Bertz CT molecular complexity index is 386. The van der Waals surface area contributed by atoms with Gasteiger partial charge in [0, 0.05) is 5.56 Å². The summed E-state index contributed by atoms with van der Waals surface area (Å²) in [6, 6.07) is 8.79. The molecule has 15 heavy (non-hydrogen) atoms. The number of quaternary nitrogens is 1. The molecule has 0 unspecified atom stereocenters. The molecule has 0 atom stereocenters. The average molecular weight is 202 g/mol. The van der Waals surface area contributed by atoms with Gasteiger partial charge in [0.2, 0.25) is 0 Å². The fourth-order valence-electron chi connectivity index (χ4n) is 2.34. The van der Waals surface area contributed by atoms with E-state index >= 15 is 0 Å². The van der Waals surface area contributed by atoms with Crippen LogP contribution in [0.15, 0.2) is 30.3 Å². The monoisotopic (exact) mass is 202 g/mol. The molecule has 1 aliphatic carbocycles. The van der Waals surface area contributed by atoms with Gasteiger partial charge in [0.05, 0.1) is 20.1 Å². The average Bonchev–Trinajstić information content (AvgIpc) is 2.72. The quantitative estimate of drug-likeness (QED) is 0.661. The number of benzene rings is 1. The molecule has 1 aromatic rings. The molecule has 1 aromatic carbocycles. The van der Waals surface area contributed by atoms with Crippen molar-refractivity contribution < 1.29 is 4.48 Å². The maximum Gasteiger partial charge on any atom is 0.136 e. The number of fused-ring (bicyclic) bond motifs is 1. The van der Waals surface area contributed by atoms with E-state index in [0.29, 0.717) is 0 Å². The third-order valence-electron chi connectivity index (χ3n) is 3.79. The van der Waals surface area contributed by atoms with E-state index in [-0.39, 0.29) is 0 Å². The van der Waals surface area contributed by atoms with E-state index < -0.39 is 0 Å². The highest BCUT2D eigenvalue weighted by Gasteiger charge is 2.29. The summed E-state index contributed by atoms with van der Waals surface area (Å²) in [6.07, 6.45) is 3.51. The van der Waals surface area contributed by atoms with Gasteiger partial charge in [-0.05, 0) is 38.0 Å². The molecule has 0 N–H and O–H groups in total. The van der Waals surface area contributed by atoms with Crippen molar-refractivity contribution in [3.63, 3.8) is 0 Å². The van der Waals surface area contributed by atoms with Gasteiger partial charge in [-0.25, -0.2) is 0 Å². The topological polar surface area (TPSA) is 0 Å². The normalized spacial score (nSPS) is 15.0. The Labute approximate surface area is 92.6 Å². The zero-order valence-electron chi connectivity index (χ0n) is 9.96. The predicted molar refractivity (Wildman–Crippen MR) is 65.4 cm³/mol. The van der Waals surface area contributed by atoms with E-state index in [9.17, 15) is 0 Å². The fourth-order valence-corrected chi connectivity index (χ4v) is 2.34. The lowest BCUT2D eigenvalue weighted by molar-refractivity contribution is -0.835. The van der Waals surface area contributed by atoms with E-state index in [1.54, 1.807) is 0 Å². The molecule has 0 saturated carbocycles. The molecule has 0 aliphatic heterocycles. The van der Waals surface area contributed by atoms with Crippen LogP contribution >= 0.6 is 0 Å². The van der Waals surface area contributed by atoms with E-state index in [1.807, 2.05) is 0 Å². The summed E-state index contributed by atoms with van der Waals surface area (Å²) in [5.41, 5.74) is 4.46. The summed E-state index contributed by atoms with van der Waals surface area (Å²) < 4.78 is 1.05. The first-order valence-corrected chi connectivity index (χ1v) is 5.85. The van der Waals surface area contributed by atoms with Crippen LogP contribution in [0, 0.1) is 0 Å². The predicted octanol–water partition coefficient (Wildman–Crippen LogP) is 3.07. The summed E-state index contributed by atoms with van der Waals surface area (Å²) >= 11 is 0. The standard InChI is InChI=1S/C14H20N/c1-4-15(3,5-2)14-11-10-12-8-6-7-9-13(12)14/h6-9,11H,4-5,10H2,1-3H3/q+1. The summed E-state index contributed by atoms with van der Waals surface area (Å²) in [5.74, 6) is 0. The minimum Gasteiger partial charge on any atom is -0.294 e. The zero-order valence-corrected chi connectivity index (χ0v) is 9.96. The number of nitrogens with zero attached hydrogens (tertiary/aromatic N) is 1. The number of rotatable bonds is 3. The molecular formula is C14H20N+. The molecule has 1 aliphatic rings. The highest BCUT2D eigenvalue weighted by Crippen LogP contribution is 2.33. The van der Waals surface area contributed by atoms with Crippen molar-refractivity contribution >= 4 is 5.70 Å². The third-order valence-corrected chi connectivity index (χ3v) is 3.79. The van der Waals surface area contributed by atoms with E-state index in [4.69, 9.17) is 0 Å². The van der Waals surface area contributed by atoms with Crippen LogP contribution in [0.25, 0.3) is 5.70 Å². The molecular weight excluding hydrogens is 182 g/mol. The molecule has 80 valence electrons. The van der Waals surface area contributed by atoms with E-state index in [0.717, 1.165) is 24.0 Å². The Morgan fingerprint density at radius 1 is 1.13 bits per heavy atom. The van der Waals surface area contributed by atoms with Crippen molar-refractivity contribution in [1.82, 2.24) is 0 Å². The first kappa shape index (κ1) is 10.4. The minimum atomic E-state index is 1.05. The molecule has 0 radical (unpaired) electrons. The molecule has 0 amide bonds. The SMILES string of the molecule is CC[N+](C)(CC)C1=CCc2ccccc21. The Balaban J connectivity index is 2.42. The summed E-state index contributed by atoms with van der Waals surface area (Å²) in [6.45, 7) is 6.86. The van der Waals surface area contributed by atoms with Gasteiger partial charge >= 0.3 is 0 Å². The molecule has 0 fully saturated rings. The molecule has 0 aromatic heterocycles. The lowest BCUT2D eigenvalue weighted by Crippen LogP contribution is -2.41. The van der Waals surface area contributed by atoms with Crippen molar-refractivity contribution in [2.75, 3.05) is 20.1 Å². The molecule has 1 heteroatoms. The van der Waals surface area contributed by atoms with Gasteiger partial charge < -0.3 is 0 Å². The van der Waals surface area contributed by atoms with Gasteiger partial charge in [-0.2, -0.15) is 0 Å². The van der Waals surface area contributed by atoms with Gasteiger partial charge in [-0.3, -0.25) is 4.48 Å². The number of hydrogen-bond donors (Lipinski definition) is 0. The van der Waals surface area contributed by atoms with Gasteiger partial charge in [0.15, 0.2) is 0 Å². The Kier molecular flexibility index (Phi) is 2.66. The van der Waals surface area contributed by atoms with Crippen LogP contribution < -0.4 is 0 Å². The van der Waals surface area contributed by atoms with Crippen LogP contribution in [-0.4, -0.2) is 24.6 Å². The number of hydrogen-bond acceptors (Lipinski definition) is 0. The summed E-state index contributed by atoms with van der Waals surface area (Å²) in [5, 5.41) is 0. The lowest BCUT2D eigenvalue weighted by Gasteiger charge is -2.33. The molecule has 0 spiro atoms. The van der Waals surface area contributed by atoms with Crippen molar-refractivity contribution in [3.05, 3.63) is 41.5 Å². The van der Waals surface area contributed by atoms with Gasteiger partial charge in [-0.1, -0.05) is 18.2 Å². The van der Waals surface area contributed by atoms with Crippen LogP contribution in [0.5, 0.6) is 0 Å². The van der Waals surface area contributed by atoms with Gasteiger partial charge in [-0.15, -0.1) is 0 Å². The smallest absolute Gasteiger partial charge is 0.136 e. The minimum absolute atomic E-state index is 1.05. The van der Waals surface area contributed by atoms with Crippen LogP contribution in [0.4, 0.5) is 0 Å². The molecule has 0 bridgehead atoms. The second-order valence-electron chi connectivity index (χ2n) is 4.48. The highest BCUT2D eigenvalue weighted by molar-refractivity contribution is 5.67. The molecule has 1 nitrogen and oxygen atoms in total. The summed E-state index contributed by atoms with van der Waals surface area (Å²) in [7, 11) is 2.33. The number of allylic oxidation sites excluding steroid dienone is 1. The molecule has 2 rings (SSSR count). The largest absolute Gasteiger partial charge is 0.294 e. The lowest BCUT2D eigenvalue weighted by atomic mass is 10.1. The third kappa shape index (κ3) is 1.61. The highest BCUT2D eigenvalue weighted by atomic mass is 15.3. The van der Waals surface area contributed by atoms with Crippen molar-refractivity contribution in [2.45, 2.75) is 20.3 Å². The fraction of sp³-hybridized carbons (Fsp3) is 0.429. The zero-order chi connectivity index (χ0) is 10.9. The van der Waals surface area contributed by atoms with Crippen molar-refractivity contribution in [2.24, 2.45) is 0 Å². The Hall–Kier alpha value is -1.08. The summed E-state index contributed by atoms with van der Waals surface area (Å²) in [4.78, 5) is 0. The maximum absolute atomic E-state index is 2.40. The Morgan fingerprint density at radius 2 is 1.80 bits per heavy atom. The first-order valence-electron chi connectivity index (χ1n) is 5.85. The maximum atomic E-state index is 2.40. The Morgan fingerprint density at radius 3 is 2.47 bits per heavy atom. The van der Waals surface area contributed by atoms with E-state index in [2.05, 4.69) is 51.2 Å². The van der Waals surface area contributed by atoms with Crippen molar-refractivity contribution in [1.29, 1.82) is 0 Å². The second-order valence-corrected chi connectivity index (χ2v) is 4.48. The van der Waals surface area contributed by atoms with Crippen molar-refractivity contribution in [3.8, 4) is 0 Å². The van der Waals surface area contributed by atoms with Gasteiger partial charge in [0.25, 0.3) is 0 Å². The molecule has 0 saturated heterocycles.